The van der Waals surface area contributed by atoms with Crippen molar-refractivity contribution in [3.05, 3.63) is 47.4 Å². The maximum absolute atomic E-state index is 13.1. The minimum Gasteiger partial charge on any atom is -0.619 e. The van der Waals surface area contributed by atoms with Crippen molar-refractivity contribution in [3.8, 4) is 0 Å². The molecule has 4 heterocycles. The second-order valence-electron chi connectivity index (χ2n) is 6.53. The Balaban J connectivity index is 1.51. The van der Waals surface area contributed by atoms with Gasteiger partial charge < -0.3 is 10.1 Å². The van der Waals surface area contributed by atoms with E-state index < -0.39 is 16.8 Å². The predicted octanol–water partition coefficient (Wildman–Crippen LogP) is 1.88. The molecule has 0 aromatic carbocycles. The molecule has 1 atom stereocenters. The van der Waals surface area contributed by atoms with Crippen LogP contribution in [0.1, 0.15) is 24.3 Å². The summed E-state index contributed by atoms with van der Waals surface area (Å²) >= 11 is 0. The first-order chi connectivity index (χ1) is 12.8. The molecule has 3 aliphatic rings. The van der Waals surface area contributed by atoms with Crippen molar-refractivity contribution >= 4 is 17.5 Å². The lowest BCUT2D eigenvalue weighted by molar-refractivity contribution is -0.964. The number of hydrogen-bond acceptors (Lipinski definition) is 6. The average molecular weight is 381 g/mol. The molecule has 1 N–H and O–H groups in total. The summed E-state index contributed by atoms with van der Waals surface area (Å²) in [4.78, 5) is 1.81. The summed E-state index contributed by atoms with van der Waals surface area (Å²) in [6, 6.07) is 3.58. The van der Waals surface area contributed by atoms with Crippen LogP contribution >= 0.6 is 0 Å². The Kier molecular flexibility index (Phi) is 4.00. The van der Waals surface area contributed by atoms with Crippen LogP contribution in [0.15, 0.2) is 52.0 Å². The number of alkyl halides is 3. The number of fused-ring (bicyclic) bond motifs is 1. The zero-order chi connectivity index (χ0) is 19.2. The number of halogens is 3. The highest BCUT2D eigenvalue weighted by atomic mass is 19.4. The molecule has 11 heteroatoms. The van der Waals surface area contributed by atoms with E-state index in [1.807, 2.05) is 6.07 Å². The van der Waals surface area contributed by atoms with Gasteiger partial charge in [0.25, 0.3) is 0 Å². The Morgan fingerprint density at radius 1 is 1.22 bits per heavy atom. The lowest BCUT2D eigenvalue weighted by Crippen LogP contribution is -2.56. The van der Waals surface area contributed by atoms with E-state index in [1.54, 1.807) is 11.0 Å². The molecule has 0 saturated carbocycles. The highest BCUT2D eigenvalue weighted by Gasteiger charge is 2.61. The number of amidine groups is 3. The first-order valence-electron chi connectivity index (χ1n) is 8.35. The lowest BCUT2D eigenvalue weighted by atomic mass is 9.90. The smallest absolute Gasteiger partial charge is 0.495 e. The fourth-order valence-electron chi connectivity index (χ4n) is 3.46. The first kappa shape index (κ1) is 17.6. The minimum atomic E-state index is -4.85. The Bertz CT molecular complexity index is 886. The molecule has 1 saturated heterocycles. The maximum Gasteiger partial charge on any atom is 0.495 e. The van der Waals surface area contributed by atoms with Gasteiger partial charge >= 0.3 is 17.8 Å². The molecule has 0 aliphatic carbocycles. The van der Waals surface area contributed by atoms with Gasteiger partial charge in [0.1, 0.15) is 0 Å². The fourth-order valence-corrected chi connectivity index (χ4v) is 3.46. The summed E-state index contributed by atoms with van der Waals surface area (Å²) in [6.07, 6.45) is 2.33. The van der Waals surface area contributed by atoms with E-state index in [0.29, 0.717) is 25.9 Å². The van der Waals surface area contributed by atoms with E-state index in [2.05, 4.69) is 15.3 Å². The van der Waals surface area contributed by atoms with E-state index in [4.69, 9.17) is 0 Å². The van der Waals surface area contributed by atoms with Crippen LogP contribution in [0.25, 0.3) is 0 Å². The summed E-state index contributed by atoms with van der Waals surface area (Å²) in [6.45, 7) is 1.07. The van der Waals surface area contributed by atoms with Crippen LogP contribution in [0.3, 0.4) is 0 Å². The molecule has 0 bridgehead atoms. The van der Waals surface area contributed by atoms with E-state index in [1.165, 1.54) is 24.5 Å². The minimum absolute atomic E-state index is 0.185. The Morgan fingerprint density at radius 3 is 2.63 bits per heavy atom. The van der Waals surface area contributed by atoms with Crippen molar-refractivity contribution in [2.75, 3.05) is 13.1 Å². The van der Waals surface area contributed by atoms with Gasteiger partial charge in [0, 0.05) is 35.6 Å². The van der Waals surface area contributed by atoms with Crippen LogP contribution in [0.4, 0.5) is 13.2 Å². The molecule has 1 unspecified atom stereocenters. The molecule has 0 spiro atoms. The van der Waals surface area contributed by atoms with Gasteiger partial charge in [-0.2, -0.15) is 23.1 Å². The van der Waals surface area contributed by atoms with Crippen LogP contribution < -0.4 is 4.73 Å². The third-order valence-corrected chi connectivity index (χ3v) is 4.83. The molecule has 27 heavy (non-hydrogen) atoms. The maximum atomic E-state index is 13.1. The van der Waals surface area contributed by atoms with E-state index in [9.17, 15) is 23.6 Å². The van der Waals surface area contributed by atoms with Crippen molar-refractivity contribution in [1.29, 1.82) is 0 Å². The SMILES string of the molecule is [O-][n+]1cccc(C2CCN(C3=N[N+]4(O)C(=NN=C4C(F)(F)F)C=C3)CC2)c1. The third-order valence-electron chi connectivity index (χ3n) is 4.83. The van der Waals surface area contributed by atoms with E-state index >= 15 is 0 Å². The van der Waals surface area contributed by atoms with Gasteiger partial charge in [0.15, 0.2) is 18.2 Å². The number of quaternary nitrogens is 1. The molecule has 0 radical (unpaired) electrons. The Labute approximate surface area is 152 Å². The number of likely N-dealkylation sites (tertiary alicyclic amines) is 1. The van der Waals surface area contributed by atoms with Gasteiger partial charge in [-0.05, 0) is 36.0 Å². The number of aromatic nitrogens is 1. The number of hydrogen-bond donors (Lipinski definition) is 1. The summed E-state index contributed by atoms with van der Waals surface area (Å²) < 4.78 is 38.2. The molecule has 4 rings (SSSR count). The second kappa shape index (κ2) is 6.13. The van der Waals surface area contributed by atoms with Crippen LogP contribution in [0.2, 0.25) is 0 Å². The van der Waals surface area contributed by atoms with Crippen molar-refractivity contribution in [2.45, 2.75) is 24.9 Å². The van der Waals surface area contributed by atoms with Crippen molar-refractivity contribution in [3.63, 3.8) is 0 Å². The summed E-state index contributed by atoms with van der Waals surface area (Å²) in [5.41, 5.74) is 0.930. The number of pyridine rings is 1. The zero-order valence-corrected chi connectivity index (χ0v) is 14.0. The topological polar surface area (TPSA) is 87.5 Å². The summed E-state index contributed by atoms with van der Waals surface area (Å²) in [5.74, 6) is -1.37. The predicted molar refractivity (Wildman–Crippen MR) is 88.5 cm³/mol. The largest absolute Gasteiger partial charge is 0.619 e. The molecule has 0 amide bonds. The van der Waals surface area contributed by atoms with Gasteiger partial charge in [0.2, 0.25) is 0 Å². The van der Waals surface area contributed by atoms with Gasteiger partial charge in [-0.1, -0.05) is 10.2 Å². The highest BCUT2D eigenvalue weighted by Crippen LogP contribution is 2.32. The van der Waals surface area contributed by atoms with Crippen molar-refractivity contribution < 1.29 is 27.9 Å². The molecule has 1 aromatic rings. The number of piperidine rings is 1. The highest BCUT2D eigenvalue weighted by molar-refractivity contribution is 6.07. The average Bonchev–Trinajstić information content (AvgIpc) is 2.98. The molecule has 142 valence electrons. The first-order valence-corrected chi connectivity index (χ1v) is 8.35. The second-order valence-corrected chi connectivity index (χ2v) is 6.53. The van der Waals surface area contributed by atoms with Gasteiger partial charge in [0.05, 0.1) is 0 Å². The van der Waals surface area contributed by atoms with Gasteiger partial charge in [-0.3, -0.25) is 0 Å². The molecule has 8 nitrogen and oxygen atoms in total. The molecule has 1 fully saturated rings. The van der Waals surface area contributed by atoms with E-state index in [-0.39, 0.29) is 17.6 Å². The van der Waals surface area contributed by atoms with Gasteiger partial charge in [-0.25, -0.2) is 0 Å². The van der Waals surface area contributed by atoms with Crippen molar-refractivity contribution in [1.82, 2.24) is 4.90 Å². The number of rotatable bonds is 1. The molecule has 1 aromatic heterocycles. The Hall–Kier alpha value is -2.79. The third kappa shape index (κ3) is 3.08. The van der Waals surface area contributed by atoms with Crippen LogP contribution in [-0.2, 0) is 0 Å². The van der Waals surface area contributed by atoms with Crippen LogP contribution in [0, 0.1) is 5.21 Å². The fraction of sp³-hybridized carbons (Fsp3) is 0.375. The monoisotopic (exact) mass is 381 g/mol. The van der Waals surface area contributed by atoms with E-state index in [0.717, 1.165) is 10.3 Å². The summed E-state index contributed by atoms with van der Waals surface area (Å²) in [5, 5.41) is 32.2. The van der Waals surface area contributed by atoms with Gasteiger partial charge in [-0.15, -0.1) is 0 Å². The Morgan fingerprint density at radius 2 is 1.96 bits per heavy atom. The lowest BCUT2D eigenvalue weighted by Gasteiger charge is -2.34. The van der Waals surface area contributed by atoms with Crippen LogP contribution in [0.5, 0.6) is 0 Å². The normalized spacial score (nSPS) is 25.8. The molecule has 3 aliphatic heterocycles. The molecular weight excluding hydrogens is 365 g/mol. The summed E-state index contributed by atoms with van der Waals surface area (Å²) in [7, 11) is 0. The van der Waals surface area contributed by atoms with Crippen molar-refractivity contribution in [2.24, 2.45) is 15.3 Å². The molecular formula is C16H16F3N6O2+. The standard InChI is InChI=1S/C16H16F3N6O2/c17-16(18,19)15-21-20-14-4-3-13(22-25(14,15)27)23-8-5-11(6-9-23)12-2-1-7-24(26)10-12/h1-4,7,10-11,27H,5-6,8-9H2/q+1. The number of nitrogens with zero attached hydrogens (tertiary/aromatic N) is 6. The van der Waals surface area contributed by atoms with Crippen LogP contribution in [-0.4, -0.2) is 51.6 Å². The zero-order valence-electron chi connectivity index (χ0n) is 14.0. The quantitative estimate of drug-likeness (QED) is 0.458. The number of hydroxylamine groups is 2.